The van der Waals surface area contributed by atoms with Crippen molar-refractivity contribution in [2.24, 2.45) is 5.73 Å². The van der Waals surface area contributed by atoms with Crippen LogP contribution in [-0.2, 0) is 6.54 Å². The number of pyridine rings is 1. The van der Waals surface area contributed by atoms with Crippen molar-refractivity contribution in [1.29, 1.82) is 5.41 Å². The molecule has 82 valence electrons. The second-order valence-corrected chi connectivity index (χ2v) is 3.64. The summed E-state index contributed by atoms with van der Waals surface area (Å²) in [6.45, 7) is 2.56. The van der Waals surface area contributed by atoms with Crippen molar-refractivity contribution in [1.82, 2.24) is 14.8 Å². The van der Waals surface area contributed by atoms with Crippen LogP contribution in [0.1, 0.15) is 16.8 Å². The summed E-state index contributed by atoms with van der Waals surface area (Å²) in [4.78, 5) is 4.09. The Bertz CT molecular complexity index is 515. The molecule has 16 heavy (non-hydrogen) atoms. The van der Waals surface area contributed by atoms with E-state index >= 15 is 0 Å². The second kappa shape index (κ2) is 4.14. The summed E-state index contributed by atoms with van der Waals surface area (Å²) in [6, 6.07) is 3.73. The Labute approximate surface area is 93.4 Å². The highest BCUT2D eigenvalue weighted by atomic mass is 15.3. The van der Waals surface area contributed by atoms with E-state index in [1.807, 2.05) is 25.3 Å². The standard InChI is InChI=1S/C11H13N5/c1-8-5-15-16(6-8)7-9-3-2-4-14-10(9)11(12)13/h2-6H,7H2,1H3,(H3,12,13). The maximum atomic E-state index is 7.43. The summed E-state index contributed by atoms with van der Waals surface area (Å²) in [5, 5.41) is 11.6. The van der Waals surface area contributed by atoms with E-state index in [0.29, 0.717) is 12.2 Å². The average molecular weight is 215 g/mol. The van der Waals surface area contributed by atoms with Gasteiger partial charge in [-0.05, 0) is 18.6 Å². The van der Waals surface area contributed by atoms with Gasteiger partial charge < -0.3 is 5.73 Å². The zero-order valence-electron chi connectivity index (χ0n) is 9.01. The number of nitrogens with two attached hydrogens (primary N) is 1. The first-order chi connectivity index (χ1) is 7.66. The number of nitrogens with zero attached hydrogens (tertiary/aromatic N) is 3. The molecule has 0 aliphatic rings. The van der Waals surface area contributed by atoms with Gasteiger partial charge in [-0.3, -0.25) is 15.1 Å². The molecule has 0 saturated heterocycles. The van der Waals surface area contributed by atoms with E-state index in [2.05, 4.69) is 10.1 Å². The molecule has 0 aliphatic carbocycles. The smallest absolute Gasteiger partial charge is 0.142 e. The summed E-state index contributed by atoms with van der Waals surface area (Å²) in [6.07, 6.45) is 5.37. The Kier molecular flexibility index (Phi) is 2.68. The number of nitrogens with one attached hydrogen (secondary N) is 1. The lowest BCUT2D eigenvalue weighted by Gasteiger charge is -2.06. The summed E-state index contributed by atoms with van der Waals surface area (Å²) >= 11 is 0. The zero-order valence-corrected chi connectivity index (χ0v) is 9.01. The van der Waals surface area contributed by atoms with Crippen LogP contribution in [0, 0.1) is 12.3 Å². The summed E-state index contributed by atoms with van der Waals surface area (Å²) in [5.74, 6) is -0.0144. The van der Waals surface area contributed by atoms with Gasteiger partial charge in [-0.25, -0.2) is 0 Å². The van der Waals surface area contributed by atoms with E-state index < -0.39 is 0 Å². The lowest BCUT2D eigenvalue weighted by Crippen LogP contribution is -2.17. The fourth-order valence-electron chi connectivity index (χ4n) is 1.54. The van der Waals surface area contributed by atoms with Crippen LogP contribution < -0.4 is 5.73 Å². The molecule has 2 heterocycles. The molecule has 0 fully saturated rings. The molecule has 2 rings (SSSR count). The topological polar surface area (TPSA) is 80.6 Å². The number of hydrogen-bond acceptors (Lipinski definition) is 3. The molecule has 0 bridgehead atoms. The molecule has 0 amide bonds. The van der Waals surface area contributed by atoms with Gasteiger partial charge in [-0.1, -0.05) is 6.07 Å². The molecule has 0 saturated carbocycles. The van der Waals surface area contributed by atoms with Crippen molar-refractivity contribution < 1.29 is 0 Å². The van der Waals surface area contributed by atoms with Gasteiger partial charge in [-0.15, -0.1) is 0 Å². The molecule has 2 aromatic rings. The van der Waals surface area contributed by atoms with E-state index in [1.54, 1.807) is 17.1 Å². The van der Waals surface area contributed by atoms with Gasteiger partial charge in [-0.2, -0.15) is 5.10 Å². The minimum absolute atomic E-state index is 0.0144. The molecule has 0 aliphatic heterocycles. The van der Waals surface area contributed by atoms with Crippen LogP contribution >= 0.6 is 0 Å². The molecule has 0 atom stereocenters. The second-order valence-electron chi connectivity index (χ2n) is 3.64. The maximum absolute atomic E-state index is 7.43. The normalized spacial score (nSPS) is 10.3. The highest BCUT2D eigenvalue weighted by molar-refractivity contribution is 5.94. The molecular weight excluding hydrogens is 202 g/mol. The predicted molar refractivity (Wildman–Crippen MR) is 61.3 cm³/mol. The van der Waals surface area contributed by atoms with E-state index in [1.165, 1.54) is 0 Å². The average Bonchev–Trinajstić information content (AvgIpc) is 2.64. The van der Waals surface area contributed by atoms with Crippen molar-refractivity contribution in [3.8, 4) is 0 Å². The third-order valence-corrected chi connectivity index (χ3v) is 2.24. The van der Waals surface area contributed by atoms with Crippen molar-refractivity contribution in [3.05, 3.63) is 47.5 Å². The Hall–Kier alpha value is -2.17. The van der Waals surface area contributed by atoms with Gasteiger partial charge in [0.25, 0.3) is 0 Å². The van der Waals surface area contributed by atoms with Crippen LogP contribution in [0.25, 0.3) is 0 Å². The fourth-order valence-corrected chi connectivity index (χ4v) is 1.54. The first-order valence-electron chi connectivity index (χ1n) is 4.94. The first-order valence-corrected chi connectivity index (χ1v) is 4.94. The summed E-state index contributed by atoms with van der Waals surface area (Å²) < 4.78 is 1.80. The minimum Gasteiger partial charge on any atom is -0.382 e. The molecule has 2 aromatic heterocycles. The zero-order chi connectivity index (χ0) is 11.5. The van der Waals surface area contributed by atoms with Gasteiger partial charge >= 0.3 is 0 Å². The Morgan fingerprint density at radius 1 is 1.56 bits per heavy atom. The molecule has 5 nitrogen and oxygen atoms in total. The number of amidine groups is 1. The Balaban J connectivity index is 2.31. The minimum atomic E-state index is -0.0144. The van der Waals surface area contributed by atoms with Crippen molar-refractivity contribution in [3.63, 3.8) is 0 Å². The van der Waals surface area contributed by atoms with Crippen molar-refractivity contribution >= 4 is 5.84 Å². The van der Waals surface area contributed by atoms with E-state index in [0.717, 1.165) is 11.1 Å². The SMILES string of the molecule is Cc1cnn(Cc2cccnc2C(=N)N)c1. The quantitative estimate of drug-likeness (QED) is 0.590. The van der Waals surface area contributed by atoms with Crippen LogP contribution in [-0.4, -0.2) is 20.6 Å². The highest BCUT2D eigenvalue weighted by Crippen LogP contribution is 2.07. The number of hydrogen-bond donors (Lipinski definition) is 2. The van der Waals surface area contributed by atoms with Gasteiger partial charge in [0, 0.05) is 18.0 Å². The number of nitrogen functional groups attached to an aromatic ring is 1. The third-order valence-electron chi connectivity index (χ3n) is 2.24. The molecular formula is C11H13N5. The predicted octanol–water partition coefficient (Wildman–Crippen LogP) is 0.919. The van der Waals surface area contributed by atoms with Crippen LogP contribution in [0.5, 0.6) is 0 Å². The third kappa shape index (κ3) is 2.08. The molecule has 0 radical (unpaired) electrons. The lowest BCUT2D eigenvalue weighted by molar-refractivity contribution is 0.683. The van der Waals surface area contributed by atoms with Crippen LogP contribution in [0.15, 0.2) is 30.7 Å². The molecule has 0 spiro atoms. The Morgan fingerprint density at radius 3 is 3.00 bits per heavy atom. The van der Waals surface area contributed by atoms with Gasteiger partial charge in [0.05, 0.1) is 12.7 Å². The number of aromatic nitrogens is 3. The van der Waals surface area contributed by atoms with Gasteiger partial charge in [0.2, 0.25) is 0 Å². The highest BCUT2D eigenvalue weighted by Gasteiger charge is 2.06. The van der Waals surface area contributed by atoms with Crippen molar-refractivity contribution in [2.45, 2.75) is 13.5 Å². The summed E-state index contributed by atoms with van der Waals surface area (Å²) in [7, 11) is 0. The molecule has 0 aromatic carbocycles. The lowest BCUT2D eigenvalue weighted by atomic mass is 10.2. The van der Waals surface area contributed by atoms with Gasteiger partial charge in [0.1, 0.15) is 11.5 Å². The van der Waals surface area contributed by atoms with E-state index in [-0.39, 0.29) is 5.84 Å². The molecule has 0 unspecified atom stereocenters. The van der Waals surface area contributed by atoms with Gasteiger partial charge in [0.15, 0.2) is 0 Å². The van der Waals surface area contributed by atoms with Crippen LogP contribution in [0.4, 0.5) is 0 Å². The fraction of sp³-hybridized carbons (Fsp3) is 0.182. The summed E-state index contributed by atoms with van der Waals surface area (Å²) in [5.41, 5.74) is 7.99. The van der Waals surface area contributed by atoms with E-state index in [4.69, 9.17) is 11.1 Å². The number of aryl methyl sites for hydroxylation is 1. The maximum Gasteiger partial charge on any atom is 0.142 e. The molecule has 5 heteroatoms. The van der Waals surface area contributed by atoms with Crippen molar-refractivity contribution in [2.75, 3.05) is 0 Å². The first kappa shape index (κ1) is 10.4. The van der Waals surface area contributed by atoms with Crippen LogP contribution in [0.3, 0.4) is 0 Å². The monoisotopic (exact) mass is 215 g/mol. The largest absolute Gasteiger partial charge is 0.382 e. The van der Waals surface area contributed by atoms with E-state index in [9.17, 15) is 0 Å². The molecule has 3 N–H and O–H groups in total. The Morgan fingerprint density at radius 2 is 2.38 bits per heavy atom. The number of rotatable bonds is 3. The van der Waals surface area contributed by atoms with Crippen LogP contribution in [0.2, 0.25) is 0 Å².